The fourth-order valence-corrected chi connectivity index (χ4v) is 3.39. The van der Waals surface area contributed by atoms with Gasteiger partial charge in [0.1, 0.15) is 0 Å². The lowest BCUT2D eigenvalue weighted by Gasteiger charge is -2.12. The molecule has 37 heavy (non-hydrogen) atoms. The molecule has 2 amide bonds. The van der Waals surface area contributed by atoms with E-state index in [0.717, 1.165) is 24.3 Å². The first-order chi connectivity index (χ1) is 17.5. The number of benzene rings is 3. The molecule has 0 saturated carbocycles. The second kappa shape index (κ2) is 11.7. The maximum atomic E-state index is 12.6. The third-order valence-corrected chi connectivity index (χ3v) is 5.57. The van der Waals surface area contributed by atoms with Crippen LogP contribution in [0.5, 0.6) is 11.5 Å². The summed E-state index contributed by atoms with van der Waals surface area (Å²) >= 11 is 3.29. The van der Waals surface area contributed by atoms with E-state index in [1.54, 1.807) is 37.3 Å². The van der Waals surface area contributed by atoms with Crippen molar-refractivity contribution in [1.82, 2.24) is 5.43 Å². The molecular formula is C25H19BrF3N3O5. The van der Waals surface area contributed by atoms with Gasteiger partial charge in [0, 0.05) is 15.7 Å². The third-order valence-electron chi connectivity index (χ3n) is 4.88. The number of nitrogens with zero attached hydrogens (tertiary/aromatic N) is 1. The molecule has 0 aliphatic carbocycles. The van der Waals surface area contributed by atoms with E-state index in [2.05, 4.69) is 31.8 Å². The maximum absolute atomic E-state index is 12.6. The van der Waals surface area contributed by atoms with Gasteiger partial charge in [0.2, 0.25) is 0 Å². The highest BCUT2D eigenvalue weighted by Gasteiger charge is 2.30. The van der Waals surface area contributed by atoms with Crippen molar-refractivity contribution in [3.8, 4) is 11.5 Å². The lowest BCUT2D eigenvalue weighted by Crippen LogP contribution is -2.33. The van der Waals surface area contributed by atoms with Crippen molar-refractivity contribution in [3.63, 3.8) is 0 Å². The second-order valence-electron chi connectivity index (χ2n) is 7.40. The van der Waals surface area contributed by atoms with Gasteiger partial charge < -0.3 is 14.8 Å². The van der Waals surface area contributed by atoms with Crippen molar-refractivity contribution in [3.05, 3.63) is 87.9 Å². The molecule has 0 unspecified atom stereocenters. The summed E-state index contributed by atoms with van der Waals surface area (Å²) in [4.78, 5) is 36.6. The quantitative estimate of drug-likeness (QED) is 0.138. The summed E-state index contributed by atoms with van der Waals surface area (Å²) < 4.78 is 49.2. The Hall–Kier alpha value is -4.19. The molecular weight excluding hydrogens is 559 g/mol. The number of esters is 1. The Balaban J connectivity index is 1.65. The van der Waals surface area contributed by atoms with E-state index >= 15 is 0 Å². The van der Waals surface area contributed by atoms with Crippen molar-refractivity contribution in [2.45, 2.75) is 13.1 Å². The van der Waals surface area contributed by atoms with Crippen LogP contribution >= 0.6 is 15.9 Å². The summed E-state index contributed by atoms with van der Waals surface area (Å²) in [6, 6.07) is 14.9. The third kappa shape index (κ3) is 7.17. The summed E-state index contributed by atoms with van der Waals surface area (Å²) in [7, 11) is 1.38. The Morgan fingerprint density at radius 2 is 1.59 bits per heavy atom. The molecule has 0 heterocycles. The number of hydrogen-bond acceptors (Lipinski definition) is 6. The summed E-state index contributed by atoms with van der Waals surface area (Å²) in [5.41, 5.74) is 2.29. The highest BCUT2D eigenvalue weighted by molar-refractivity contribution is 9.10. The van der Waals surface area contributed by atoms with Gasteiger partial charge in [-0.1, -0.05) is 12.1 Å². The zero-order valence-corrected chi connectivity index (χ0v) is 20.9. The molecule has 0 atom stereocenters. The standard InChI is InChI=1S/C25H19BrF3N3O5/c1-14(31-32-23(34)22(33)30-17-10-8-16(9-11-17)25(27,28)29)15-7-12-20(21(13-15)36-2)37-24(35)18-5-3-4-6-19(18)26/h3-13H,1-2H3,(H,30,33)(H,32,34)/b31-14+. The molecule has 0 bridgehead atoms. The van der Waals surface area contributed by atoms with Crippen molar-refractivity contribution in [2.75, 3.05) is 12.4 Å². The monoisotopic (exact) mass is 577 g/mol. The molecule has 0 aliphatic heterocycles. The van der Waals surface area contributed by atoms with Crippen LogP contribution in [0.25, 0.3) is 0 Å². The van der Waals surface area contributed by atoms with E-state index in [1.807, 2.05) is 0 Å². The summed E-state index contributed by atoms with van der Waals surface area (Å²) in [6.07, 6.45) is -4.52. The molecule has 0 fully saturated rings. The number of methoxy groups -OCH3 is 1. The van der Waals surface area contributed by atoms with Crippen molar-refractivity contribution >= 4 is 45.1 Å². The molecule has 0 aliphatic rings. The Morgan fingerprint density at radius 3 is 2.22 bits per heavy atom. The second-order valence-corrected chi connectivity index (χ2v) is 8.26. The summed E-state index contributed by atoms with van der Waals surface area (Å²) in [6.45, 7) is 1.55. The van der Waals surface area contributed by atoms with Crippen molar-refractivity contribution < 1.29 is 37.0 Å². The summed E-state index contributed by atoms with van der Waals surface area (Å²) in [5, 5.41) is 6.05. The number of hydrogen-bond donors (Lipinski definition) is 2. The molecule has 2 N–H and O–H groups in total. The maximum Gasteiger partial charge on any atom is 0.416 e. The van der Waals surface area contributed by atoms with Crippen LogP contribution in [0.2, 0.25) is 0 Å². The van der Waals surface area contributed by atoms with E-state index in [-0.39, 0.29) is 22.9 Å². The molecule has 3 aromatic rings. The van der Waals surface area contributed by atoms with Gasteiger partial charge >= 0.3 is 24.0 Å². The molecule has 8 nitrogen and oxygen atoms in total. The first-order valence-corrected chi connectivity index (χ1v) is 11.3. The van der Waals surface area contributed by atoms with E-state index in [4.69, 9.17) is 9.47 Å². The van der Waals surface area contributed by atoms with Gasteiger partial charge in [-0.05, 0) is 77.5 Å². The number of hydrazone groups is 1. The molecule has 12 heteroatoms. The van der Waals surface area contributed by atoms with E-state index in [9.17, 15) is 27.6 Å². The van der Waals surface area contributed by atoms with Crippen molar-refractivity contribution in [1.29, 1.82) is 0 Å². The Labute approximate surface area is 217 Å². The highest BCUT2D eigenvalue weighted by Crippen LogP contribution is 2.31. The Bertz CT molecular complexity index is 1360. The predicted molar refractivity (Wildman–Crippen MR) is 133 cm³/mol. The van der Waals surface area contributed by atoms with Gasteiger partial charge in [-0.15, -0.1) is 0 Å². The number of anilines is 1. The predicted octanol–water partition coefficient (Wildman–Crippen LogP) is 5.17. The fraction of sp³-hybridized carbons (Fsp3) is 0.120. The number of nitrogens with one attached hydrogen (secondary N) is 2. The lowest BCUT2D eigenvalue weighted by molar-refractivity contribution is -0.137. The zero-order valence-electron chi connectivity index (χ0n) is 19.4. The minimum Gasteiger partial charge on any atom is -0.493 e. The van der Waals surface area contributed by atoms with Gasteiger partial charge in [-0.25, -0.2) is 10.2 Å². The topological polar surface area (TPSA) is 106 Å². The van der Waals surface area contributed by atoms with Crippen LogP contribution in [-0.4, -0.2) is 30.6 Å². The molecule has 0 saturated heterocycles. The Kier molecular flexibility index (Phi) is 8.66. The smallest absolute Gasteiger partial charge is 0.416 e. The van der Waals surface area contributed by atoms with Crippen LogP contribution < -0.4 is 20.2 Å². The largest absolute Gasteiger partial charge is 0.493 e. The summed E-state index contributed by atoms with van der Waals surface area (Å²) in [5.74, 6) is -2.48. The number of amides is 2. The first kappa shape index (κ1) is 27.4. The van der Waals surface area contributed by atoms with Crippen molar-refractivity contribution in [2.24, 2.45) is 5.10 Å². The number of carbonyl (C=O) groups is 3. The molecule has 3 rings (SSSR count). The van der Waals surface area contributed by atoms with Gasteiger partial charge in [0.15, 0.2) is 11.5 Å². The van der Waals surface area contributed by atoms with Crippen LogP contribution in [-0.2, 0) is 15.8 Å². The lowest BCUT2D eigenvalue weighted by atomic mass is 10.1. The number of carbonyl (C=O) groups excluding carboxylic acids is 3. The van der Waals surface area contributed by atoms with Crippen LogP contribution in [0.4, 0.5) is 18.9 Å². The van der Waals surface area contributed by atoms with Gasteiger partial charge in [-0.2, -0.15) is 18.3 Å². The number of alkyl halides is 3. The SMILES string of the molecule is COc1cc(/C(C)=N/NC(=O)C(=O)Nc2ccc(C(F)(F)F)cc2)ccc1OC(=O)c1ccccc1Br. The van der Waals surface area contributed by atoms with E-state index < -0.39 is 29.5 Å². The molecule has 0 aromatic heterocycles. The number of ether oxygens (including phenoxy) is 2. The first-order valence-electron chi connectivity index (χ1n) is 10.5. The Morgan fingerprint density at radius 1 is 0.919 bits per heavy atom. The average molecular weight is 578 g/mol. The minimum atomic E-state index is -4.52. The van der Waals surface area contributed by atoms with Crippen LogP contribution in [0.1, 0.15) is 28.4 Å². The van der Waals surface area contributed by atoms with E-state index in [0.29, 0.717) is 15.6 Å². The van der Waals surface area contributed by atoms with Crippen LogP contribution in [0, 0.1) is 0 Å². The normalized spacial score (nSPS) is 11.5. The molecule has 0 spiro atoms. The molecule has 0 radical (unpaired) electrons. The van der Waals surface area contributed by atoms with Gasteiger partial charge in [-0.3, -0.25) is 9.59 Å². The number of rotatable bonds is 6. The van der Waals surface area contributed by atoms with Crippen LogP contribution in [0.15, 0.2) is 76.3 Å². The number of halogens is 4. The zero-order chi connectivity index (χ0) is 27.2. The van der Waals surface area contributed by atoms with Crippen LogP contribution in [0.3, 0.4) is 0 Å². The minimum absolute atomic E-state index is 0.00579. The molecule has 192 valence electrons. The van der Waals surface area contributed by atoms with E-state index in [1.165, 1.54) is 19.2 Å². The van der Waals surface area contributed by atoms with Gasteiger partial charge in [0.25, 0.3) is 0 Å². The highest BCUT2D eigenvalue weighted by atomic mass is 79.9. The molecule has 3 aromatic carbocycles. The fourth-order valence-electron chi connectivity index (χ4n) is 2.94. The average Bonchev–Trinajstić information content (AvgIpc) is 2.87. The van der Waals surface area contributed by atoms with Gasteiger partial charge in [0.05, 0.1) is 23.9 Å².